The number of anilines is 1. The number of nitrogens with one attached hydrogen (secondary N) is 2. The van der Waals surface area contributed by atoms with Gasteiger partial charge in [-0.25, -0.2) is 4.79 Å². The summed E-state index contributed by atoms with van der Waals surface area (Å²) in [6.45, 7) is 0.471. The highest BCUT2D eigenvalue weighted by molar-refractivity contribution is 6.30. The number of nitrogens with zero attached hydrogens (tertiary/aromatic N) is 2. The van der Waals surface area contributed by atoms with Gasteiger partial charge in [0.2, 0.25) is 5.91 Å². The second-order valence-electron chi connectivity index (χ2n) is 6.17. The second kappa shape index (κ2) is 10.2. The molecule has 3 rings (SSSR count). The molecule has 1 aromatic heterocycles. The number of rotatable bonds is 7. The van der Waals surface area contributed by atoms with Crippen molar-refractivity contribution in [2.75, 3.05) is 5.32 Å². The van der Waals surface area contributed by atoms with E-state index >= 15 is 0 Å². The van der Waals surface area contributed by atoms with Crippen LogP contribution in [0.4, 0.5) is 10.5 Å². The summed E-state index contributed by atoms with van der Waals surface area (Å²) < 4.78 is 5.17. The van der Waals surface area contributed by atoms with Crippen molar-refractivity contribution in [2.45, 2.75) is 19.6 Å². The van der Waals surface area contributed by atoms with E-state index in [4.69, 9.17) is 16.3 Å². The Kier molecular flexibility index (Phi) is 7.13. The van der Waals surface area contributed by atoms with Crippen LogP contribution < -0.4 is 10.6 Å². The molecule has 0 aliphatic rings. The molecule has 29 heavy (non-hydrogen) atoms. The zero-order valence-electron chi connectivity index (χ0n) is 15.5. The minimum Gasteiger partial charge on any atom is -0.444 e. The molecule has 0 atom stereocenters. The van der Waals surface area contributed by atoms with Gasteiger partial charge in [0.1, 0.15) is 6.61 Å². The van der Waals surface area contributed by atoms with Crippen molar-refractivity contribution < 1.29 is 14.3 Å². The summed E-state index contributed by atoms with van der Waals surface area (Å²) in [6.07, 6.45) is 4.42. The highest BCUT2D eigenvalue weighted by Crippen LogP contribution is 2.13. The average Bonchev–Trinajstić information content (AvgIpc) is 2.74. The van der Waals surface area contributed by atoms with E-state index in [0.717, 1.165) is 11.1 Å². The molecule has 1 heterocycles. The Labute approximate surface area is 173 Å². The number of benzene rings is 2. The summed E-state index contributed by atoms with van der Waals surface area (Å²) in [4.78, 5) is 32.0. The van der Waals surface area contributed by atoms with Crippen LogP contribution in [0.5, 0.6) is 0 Å². The maximum Gasteiger partial charge on any atom is 0.411 e. The molecular weight excluding hydrogens is 392 g/mol. The third-order valence-corrected chi connectivity index (χ3v) is 4.18. The lowest BCUT2D eigenvalue weighted by Gasteiger charge is -2.08. The van der Waals surface area contributed by atoms with Gasteiger partial charge in [0.05, 0.1) is 24.9 Å². The fourth-order valence-corrected chi connectivity index (χ4v) is 2.57. The van der Waals surface area contributed by atoms with Crippen molar-refractivity contribution in [2.24, 2.45) is 0 Å². The molecule has 3 aromatic rings. The second-order valence-corrected chi connectivity index (χ2v) is 6.61. The Bertz CT molecular complexity index is 948. The van der Waals surface area contributed by atoms with Gasteiger partial charge in [-0.1, -0.05) is 35.9 Å². The monoisotopic (exact) mass is 410 g/mol. The van der Waals surface area contributed by atoms with E-state index in [9.17, 15) is 9.59 Å². The number of aromatic nitrogens is 2. The smallest absolute Gasteiger partial charge is 0.411 e. The molecule has 148 valence electrons. The Morgan fingerprint density at radius 2 is 1.69 bits per heavy atom. The van der Waals surface area contributed by atoms with E-state index in [1.54, 1.807) is 67.1 Å². The number of hydrogen-bond donors (Lipinski definition) is 2. The van der Waals surface area contributed by atoms with Crippen LogP contribution in [0.1, 0.15) is 16.8 Å². The van der Waals surface area contributed by atoms with Gasteiger partial charge in [-0.2, -0.15) is 0 Å². The minimum atomic E-state index is -0.561. The average molecular weight is 411 g/mol. The van der Waals surface area contributed by atoms with Gasteiger partial charge in [-0.15, -0.1) is 0 Å². The van der Waals surface area contributed by atoms with E-state index in [0.29, 0.717) is 22.9 Å². The summed E-state index contributed by atoms with van der Waals surface area (Å²) in [7, 11) is 0. The molecule has 0 fully saturated rings. The summed E-state index contributed by atoms with van der Waals surface area (Å²) in [5.74, 6) is -0.126. The summed E-state index contributed by atoms with van der Waals surface area (Å²) in [5, 5.41) is 6.06. The van der Waals surface area contributed by atoms with Gasteiger partial charge in [-0.3, -0.25) is 20.1 Å². The van der Waals surface area contributed by atoms with Crippen LogP contribution in [-0.2, 0) is 29.1 Å². The Morgan fingerprint density at radius 3 is 2.38 bits per heavy atom. The lowest BCUT2D eigenvalue weighted by atomic mass is 10.1. The maximum atomic E-state index is 12.0. The van der Waals surface area contributed by atoms with E-state index in [2.05, 4.69) is 20.6 Å². The van der Waals surface area contributed by atoms with Crippen molar-refractivity contribution in [3.8, 4) is 0 Å². The van der Waals surface area contributed by atoms with E-state index in [1.165, 1.54) is 0 Å². The number of amides is 2. The molecule has 0 bridgehead atoms. The van der Waals surface area contributed by atoms with Crippen molar-refractivity contribution in [1.29, 1.82) is 0 Å². The van der Waals surface area contributed by atoms with E-state index < -0.39 is 6.09 Å². The Balaban J connectivity index is 1.42. The van der Waals surface area contributed by atoms with Crippen molar-refractivity contribution >= 4 is 29.3 Å². The first-order chi connectivity index (χ1) is 14.1. The molecule has 2 aromatic carbocycles. The number of carbonyl (C=O) groups is 2. The Hall–Kier alpha value is -3.45. The van der Waals surface area contributed by atoms with E-state index in [1.807, 2.05) is 0 Å². The molecule has 0 aliphatic carbocycles. The van der Waals surface area contributed by atoms with Crippen LogP contribution in [0.15, 0.2) is 67.1 Å². The van der Waals surface area contributed by atoms with Crippen LogP contribution in [0.25, 0.3) is 0 Å². The number of ether oxygens (including phenoxy) is 1. The summed E-state index contributed by atoms with van der Waals surface area (Å²) in [6, 6.07) is 14.0. The lowest BCUT2D eigenvalue weighted by Crippen LogP contribution is -2.25. The predicted molar refractivity (Wildman–Crippen MR) is 109 cm³/mol. The Morgan fingerprint density at radius 1 is 0.966 bits per heavy atom. The normalized spacial score (nSPS) is 10.2. The molecule has 0 aliphatic heterocycles. The quantitative estimate of drug-likeness (QED) is 0.619. The highest BCUT2D eigenvalue weighted by Gasteiger charge is 2.07. The van der Waals surface area contributed by atoms with Gasteiger partial charge in [0, 0.05) is 23.1 Å². The largest absolute Gasteiger partial charge is 0.444 e. The summed E-state index contributed by atoms with van der Waals surface area (Å²) in [5.41, 5.74) is 2.93. The van der Waals surface area contributed by atoms with E-state index in [-0.39, 0.29) is 18.9 Å². The predicted octanol–water partition coefficient (Wildman–Crippen LogP) is 3.74. The maximum absolute atomic E-state index is 12.0. The van der Waals surface area contributed by atoms with Crippen molar-refractivity contribution in [3.63, 3.8) is 0 Å². The third kappa shape index (κ3) is 6.90. The molecular formula is C21H19ClN4O3. The van der Waals surface area contributed by atoms with Crippen LogP contribution in [-0.4, -0.2) is 22.0 Å². The van der Waals surface area contributed by atoms with Crippen LogP contribution in [0.3, 0.4) is 0 Å². The molecule has 2 amide bonds. The van der Waals surface area contributed by atoms with Crippen LogP contribution >= 0.6 is 11.6 Å². The molecule has 2 N–H and O–H groups in total. The molecule has 0 spiro atoms. The van der Waals surface area contributed by atoms with Gasteiger partial charge in [-0.05, 0) is 35.4 Å². The SMILES string of the molecule is O=C(Cc1ccc(NC(=O)OCc2ccc(Cl)cc2)cc1)NCc1cnccn1. The lowest BCUT2D eigenvalue weighted by molar-refractivity contribution is -0.120. The van der Waals surface area contributed by atoms with Gasteiger partial charge < -0.3 is 10.1 Å². The number of hydrogen-bond acceptors (Lipinski definition) is 5. The zero-order valence-corrected chi connectivity index (χ0v) is 16.2. The molecule has 0 saturated carbocycles. The van der Waals surface area contributed by atoms with Gasteiger partial charge in [0.25, 0.3) is 0 Å². The molecule has 7 nitrogen and oxygen atoms in total. The molecule has 0 unspecified atom stereocenters. The molecule has 0 saturated heterocycles. The van der Waals surface area contributed by atoms with Gasteiger partial charge >= 0.3 is 6.09 Å². The fraction of sp³-hybridized carbons (Fsp3) is 0.143. The highest BCUT2D eigenvalue weighted by atomic mass is 35.5. The first-order valence-electron chi connectivity index (χ1n) is 8.87. The topological polar surface area (TPSA) is 93.2 Å². The van der Waals surface area contributed by atoms with Crippen molar-refractivity contribution in [1.82, 2.24) is 15.3 Å². The molecule has 8 heteroatoms. The first kappa shape index (κ1) is 20.3. The fourth-order valence-electron chi connectivity index (χ4n) is 2.45. The number of carbonyl (C=O) groups excluding carboxylic acids is 2. The number of halogens is 1. The summed E-state index contributed by atoms with van der Waals surface area (Å²) >= 11 is 5.82. The minimum absolute atomic E-state index is 0.126. The van der Waals surface area contributed by atoms with Gasteiger partial charge in [0.15, 0.2) is 0 Å². The van der Waals surface area contributed by atoms with Crippen LogP contribution in [0.2, 0.25) is 5.02 Å². The zero-order chi connectivity index (χ0) is 20.5. The van der Waals surface area contributed by atoms with Crippen molar-refractivity contribution in [3.05, 3.63) is 89.0 Å². The first-order valence-corrected chi connectivity index (χ1v) is 9.25. The molecule has 0 radical (unpaired) electrons. The standard InChI is InChI=1S/C21H19ClN4O3/c22-17-5-1-16(2-6-17)14-29-21(28)26-18-7-3-15(4-8-18)11-20(27)25-13-19-12-23-9-10-24-19/h1-10,12H,11,13-14H2,(H,25,27)(H,26,28). The third-order valence-electron chi connectivity index (χ3n) is 3.93. The van der Waals surface area contributed by atoms with Crippen LogP contribution in [0, 0.1) is 0 Å².